The molecular formula is C25H31N5O3. The fraction of sp³-hybridized carbons (Fsp3) is 0.480. The van der Waals surface area contributed by atoms with Gasteiger partial charge in [0.25, 0.3) is 5.91 Å². The van der Waals surface area contributed by atoms with Crippen molar-refractivity contribution in [1.82, 2.24) is 9.88 Å². The summed E-state index contributed by atoms with van der Waals surface area (Å²) < 4.78 is 10.9. The van der Waals surface area contributed by atoms with Crippen LogP contribution in [0.2, 0.25) is 0 Å². The molecule has 5 rings (SSSR count). The molecule has 0 unspecified atom stereocenters. The van der Waals surface area contributed by atoms with Crippen LogP contribution < -0.4 is 20.1 Å². The van der Waals surface area contributed by atoms with Crippen LogP contribution in [0.3, 0.4) is 0 Å². The van der Waals surface area contributed by atoms with Gasteiger partial charge in [-0.2, -0.15) is 0 Å². The van der Waals surface area contributed by atoms with Gasteiger partial charge in [0.05, 0.1) is 24.4 Å². The Morgan fingerprint density at radius 1 is 1.15 bits per heavy atom. The molecule has 8 heteroatoms. The number of fused-ring (bicyclic) bond motifs is 1. The highest BCUT2D eigenvalue weighted by molar-refractivity contribution is 6.08. The van der Waals surface area contributed by atoms with Crippen molar-refractivity contribution in [2.75, 3.05) is 37.4 Å². The second-order valence-electron chi connectivity index (χ2n) is 8.99. The number of amides is 1. The molecule has 2 aliphatic heterocycles. The molecule has 1 amide bonds. The molecule has 1 spiro atoms. The van der Waals surface area contributed by atoms with Gasteiger partial charge in [0, 0.05) is 19.3 Å². The highest BCUT2D eigenvalue weighted by Crippen LogP contribution is 2.37. The van der Waals surface area contributed by atoms with Gasteiger partial charge in [-0.05, 0) is 62.1 Å². The van der Waals surface area contributed by atoms with Gasteiger partial charge < -0.3 is 25.0 Å². The molecule has 1 saturated heterocycles. The topological polar surface area (TPSA) is 88.1 Å². The largest absolute Gasteiger partial charge is 0.497 e. The number of likely N-dealkylation sites (tertiary alicyclic amines) is 1. The molecule has 2 aromatic rings. The fourth-order valence-corrected chi connectivity index (χ4v) is 4.93. The van der Waals surface area contributed by atoms with Crippen molar-refractivity contribution in [3.05, 3.63) is 42.6 Å². The third-order valence-electron chi connectivity index (χ3n) is 6.90. The third-order valence-corrected chi connectivity index (χ3v) is 6.90. The lowest BCUT2D eigenvalue weighted by molar-refractivity contribution is -0.134. The smallest absolute Gasteiger partial charge is 0.260 e. The Morgan fingerprint density at radius 2 is 1.88 bits per heavy atom. The van der Waals surface area contributed by atoms with Crippen LogP contribution in [0.15, 0.2) is 47.6 Å². The number of piperidine rings is 1. The van der Waals surface area contributed by atoms with Crippen LogP contribution in [-0.4, -0.2) is 60.0 Å². The molecule has 33 heavy (non-hydrogen) atoms. The lowest BCUT2D eigenvalue weighted by Gasteiger charge is -2.46. The summed E-state index contributed by atoms with van der Waals surface area (Å²) in [5.41, 5.74) is 0.692. The van der Waals surface area contributed by atoms with Crippen LogP contribution in [-0.2, 0) is 4.79 Å². The number of amidine groups is 1. The van der Waals surface area contributed by atoms with E-state index < -0.39 is 0 Å². The first-order chi connectivity index (χ1) is 16.1. The minimum Gasteiger partial charge on any atom is -0.497 e. The second kappa shape index (κ2) is 9.29. The number of nitrogens with zero attached hydrogens (tertiary/aromatic N) is 3. The van der Waals surface area contributed by atoms with E-state index >= 15 is 0 Å². The van der Waals surface area contributed by atoms with E-state index in [1.807, 2.05) is 41.3 Å². The summed E-state index contributed by atoms with van der Waals surface area (Å²) >= 11 is 0. The van der Waals surface area contributed by atoms with Crippen LogP contribution in [0.4, 0.5) is 11.5 Å². The minimum absolute atomic E-state index is 0.000727. The van der Waals surface area contributed by atoms with Crippen LogP contribution >= 0.6 is 0 Å². The zero-order valence-corrected chi connectivity index (χ0v) is 19.0. The van der Waals surface area contributed by atoms with E-state index in [2.05, 4.69) is 15.6 Å². The van der Waals surface area contributed by atoms with E-state index in [-0.39, 0.29) is 18.1 Å². The summed E-state index contributed by atoms with van der Waals surface area (Å²) in [6.07, 6.45) is 8.14. The number of aromatic nitrogens is 1. The van der Waals surface area contributed by atoms with Gasteiger partial charge in [-0.1, -0.05) is 12.8 Å². The molecule has 3 aliphatic rings. The standard InChI is InChI=1S/C25H31N5O3/c1-32-19-8-10-20(11-9-19)33-17-22(31)30-15-12-25(13-16-30)24(27-18-5-2-3-6-18)28-23-21(29-25)7-4-14-26-23/h4,7-11,14,18,29H,2-3,5-6,12-13,15-17H2,1H3,(H,26,27,28). The van der Waals surface area contributed by atoms with Crippen molar-refractivity contribution >= 4 is 23.2 Å². The van der Waals surface area contributed by atoms with Crippen molar-refractivity contribution in [3.8, 4) is 11.5 Å². The van der Waals surface area contributed by atoms with Gasteiger partial charge in [0.15, 0.2) is 12.4 Å². The summed E-state index contributed by atoms with van der Waals surface area (Å²) in [4.78, 5) is 24.3. The quantitative estimate of drug-likeness (QED) is 0.724. The Morgan fingerprint density at radius 3 is 2.61 bits per heavy atom. The predicted molar refractivity (Wildman–Crippen MR) is 128 cm³/mol. The molecule has 1 aromatic carbocycles. The number of ether oxygens (including phenoxy) is 2. The highest BCUT2D eigenvalue weighted by Gasteiger charge is 2.44. The SMILES string of the molecule is COc1ccc(OCC(=O)N2CCC3(CC2)Nc2cccnc2NC3=NC2CCCC2)cc1. The number of benzene rings is 1. The van der Waals surface area contributed by atoms with Crippen molar-refractivity contribution < 1.29 is 14.3 Å². The normalized spacial score (nSPS) is 20.8. The number of rotatable bonds is 5. The van der Waals surface area contributed by atoms with E-state index in [4.69, 9.17) is 14.5 Å². The summed E-state index contributed by atoms with van der Waals surface area (Å²) in [6, 6.07) is 11.6. The highest BCUT2D eigenvalue weighted by atomic mass is 16.5. The van der Waals surface area contributed by atoms with Gasteiger partial charge in [0.1, 0.15) is 17.3 Å². The Balaban J connectivity index is 1.25. The first-order valence-electron chi connectivity index (χ1n) is 11.8. The third kappa shape index (κ3) is 4.60. The number of hydrogen-bond acceptors (Lipinski definition) is 6. The van der Waals surface area contributed by atoms with Gasteiger partial charge in [0.2, 0.25) is 0 Å². The number of carbonyl (C=O) groups is 1. The lowest BCUT2D eigenvalue weighted by Crippen LogP contribution is -2.59. The molecule has 1 saturated carbocycles. The van der Waals surface area contributed by atoms with E-state index in [0.29, 0.717) is 24.9 Å². The number of hydrogen-bond donors (Lipinski definition) is 2. The first kappa shape index (κ1) is 21.6. The monoisotopic (exact) mass is 449 g/mol. The van der Waals surface area contributed by atoms with Gasteiger partial charge >= 0.3 is 0 Å². The van der Waals surface area contributed by atoms with E-state index in [1.165, 1.54) is 12.8 Å². The first-order valence-corrected chi connectivity index (χ1v) is 11.8. The number of pyridine rings is 1. The number of carbonyl (C=O) groups excluding carboxylic acids is 1. The van der Waals surface area contributed by atoms with Gasteiger partial charge in [-0.25, -0.2) is 4.98 Å². The molecule has 1 aromatic heterocycles. The average Bonchev–Trinajstić information content (AvgIpc) is 3.37. The molecule has 8 nitrogen and oxygen atoms in total. The molecular weight excluding hydrogens is 418 g/mol. The number of methoxy groups -OCH3 is 1. The number of aliphatic imine (C=N–C) groups is 1. The van der Waals surface area contributed by atoms with E-state index in [9.17, 15) is 4.79 Å². The van der Waals surface area contributed by atoms with Crippen molar-refractivity contribution in [2.24, 2.45) is 4.99 Å². The lowest BCUT2D eigenvalue weighted by atomic mass is 9.84. The maximum Gasteiger partial charge on any atom is 0.260 e. The summed E-state index contributed by atoms with van der Waals surface area (Å²) in [5, 5.41) is 7.25. The number of nitrogens with one attached hydrogen (secondary N) is 2. The Kier molecular flexibility index (Phi) is 6.07. The molecule has 2 N–H and O–H groups in total. The molecule has 174 valence electrons. The van der Waals surface area contributed by atoms with Crippen molar-refractivity contribution in [1.29, 1.82) is 0 Å². The molecule has 2 fully saturated rings. The Hall–Kier alpha value is -3.29. The van der Waals surface area contributed by atoms with Crippen LogP contribution in [0.25, 0.3) is 0 Å². The van der Waals surface area contributed by atoms with Gasteiger partial charge in [-0.3, -0.25) is 9.79 Å². The van der Waals surface area contributed by atoms with Crippen LogP contribution in [0.1, 0.15) is 38.5 Å². The Bertz CT molecular complexity index is 1010. The Labute approximate surface area is 194 Å². The summed E-state index contributed by atoms with van der Waals surface area (Å²) in [6.45, 7) is 1.33. The predicted octanol–water partition coefficient (Wildman–Crippen LogP) is 3.71. The van der Waals surface area contributed by atoms with Crippen LogP contribution in [0.5, 0.6) is 11.5 Å². The summed E-state index contributed by atoms with van der Waals surface area (Å²) in [5.74, 6) is 3.22. The molecule has 0 atom stereocenters. The van der Waals surface area contributed by atoms with Gasteiger partial charge in [-0.15, -0.1) is 0 Å². The second-order valence-corrected chi connectivity index (χ2v) is 8.99. The maximum absolute atomic E-state index is 12.8. The number of anilines is 2. The van der Waals surface area contributed by atoms with Crippen molar-refractivity contribution in [2.45, 2.75) is 50.1 Å². The molecule has 0 radical (unpaired) electrons. The molecule has 0 bridgehead atoms. The maximum atomic E-state index is 12.8. The molecule has 3 heterocycles. The van der Waals surface area contributed by atoms with Crippen molar-refractivity contribution in [3.63, 3.8) is 0 Å². The van der Waals surface area contributed by atoms with Crippen LogP contribution in [0, 0.1) is 0 Å². The molecule has 1 aliphatic carbocycles. The average molecular weight is 450 g/mol. The van der Waals surface area contributed by atoms with E-state index in [0.717, 1.165) is 48.8 Å². The fourth-order valence-electron chi connectivity index (χ4n) is 4.93. The van der Waals surface area contributed by atoms with E-state index in [1.54, 1.807) is 13.3 Å². The minimum atomic E-state index is -0.299. The zero-order valence-electron chi connectivity index (χ0n) is 19.0. The zero-order chi connectivity index (χ0) is 22.7. The summed E-state index contributed by atoms with van der Waals surface area (Å²) in [7, 11) is 1.62.